The summed E-state index contributed by atoms with van der Waals surface area (Å²) in [5.74, 6) is 2.44. The predicted molar refractivity (Wildman–Crippen MR) is 91.5 cm³/mol. The average molecular weight is 342 g/mol. The van der Waals surface area contributed by atoms with Crippen molar-refractivity contribution in [3.05, 3.63) is 53.5 Å². The highest BCUT2D eigenvalue weighted by atomic mass is 16.5. The van der Waals surface area contributed by atoms with Gasteiger partial charge in [-0.25, -0.2) is 4.79 Å². The minimum absolute atomic E-state index is 0.0423. The van der Waals surface area contributed by atoms with Crippen LogP contribution < -0.4 is 10.1 Å². The molecule has 0 radical (unpaired) electrons. The molecule has 3 heterocycles. The van der Waals surface area contributed by atoms with E-state index in [-0.39, 0.29) is 18.1 Å². The highest BCUT2D eigenvalue weighted by molar-refractivity contribution is 5.75. The highest BCUT2D eigenvalue weighted by Gasteiger charge is 2.33. The first-order valence-corrected chi connectivity index (χ1v) is 8.65. The van der Waals surface area contributed by atoms with E-state index in [9.17, 15) is 4.79 Å². The number of nitrogens with zero attached hydrogens (tertiary/aromatic N) is 1. The third kappa shape index (κ3) is 3.22. The summed E-state index contributed by atoms with van der Waals surface area (Å²) >= 11 is 0. The maximum absolute atomic E-state index is 12.9. The van der Waals surface area contributed by atoms with Crippen molar-refractivity contribution in [3.8, 4) is 5.75 Å². The van der Waals surface area contributed by atoms with Crippen molar-refractivity contribution in [2.45, 2.75) is 25.4 Å². The van der Waals surface area contributed by atoms with Gasteiger partial charge in [0.1, 0.15) is 23.3 Å². The van der Waals surface area contributed by atoms with Crippen LogP contribution in [0.15, 0.2) is 40.8 Å². The number of para-hydroxylation sites is 1. The van der Waals surface area contributed by atoms with E-state index < -0.39 is 0 Å². The average Bonchev–Trinajstić information content (AvgIpc) is 3.08. The van der Waals surface area contributed by atoms with Gasteiger partial charge in [-0.05, 0) is 25.1 Å². The Labute approximate surface area is 146 Å². The van der Waals surface area contributed by atoms with Crippen LogP contribution in [0, 0.1) is 6.92 Å². The van der Waals surface area contributed by atoms with Crippen LogP contribution in [0.5, 0.6) is 5.75 Å². The third-order valence-electron chi connectivity index (χ3n) is 4.74. The molecule has 1 aromatic carbocycles. The van der Waals surface area contributed by atoms with Crippen LogP contribution in [0.1, 0.15) is 35.6 Å². The lowest BCUT2D eigenvalue weighted by molar-refractivity contribution is 0.00320. The standard InChI is InChI=1S/C19H22N2O4/c1-13-6-7-18(25-13)16-12-23-11-9-21(16)19(22)20-15-8-10-24-17-5-3-2-4-14(15)17/h2-7,15-16H,8-12H2,1H3,(H,20,22)/t15-,16-/m1/s1. The van der Waals surface area contributed by atoms with Crippen molar-refractivity contribution in [1.29, 1.82) is 0 Å². The molecule has 25 heavy (non-hydrogen) atoms. The Morgan fingerprint density at radius 3 is 2.92 bits per heavy atom. The Balaban J connectivity index is 1.52. The van der Waals surface area contributed by atoms with Gasteiger partial charge >= 0.3 is 6.03 Å². The number of amides is 2. The molecular weight excluding hydrogens is 320 g/mol. The van der Waals surface area contributed by atoms with Gasteiger partial charge in [-0.3, -0.25) is 0 Å². The number of aryl methyl sites for hydroxylation is 1. The fourth-order valence-corrected chi connectivity index (χ4v) is 3.44. The fourth-order valence-electron chi connectivity index (χ4n) is 3.44. The third-order valence-corrected chi connectivity index (χ3v) is 4.74. The van der Waals surface area contributed by atoms with Gasteiger partial charge in [-0.2, -0.15) is 0 Å². The van der Waals surface area contributed by atoms with Gasteiger partial charge in [0.15, 0.2) is 0 Å². The summed E-state index contributed by atoms with van der Waals surface area (Å²) in [6.07, 6.45) is 0.762. The molecule has 2 atom stereocenters. The van der Waals surface area contributed by atoms with Crippen molar-refractivity contribution in [2.75, 3.05) is 26.4 Å². The number of rotatable bonds is 2. The molecule has 2 aromatic rings. The number of carbonyl (C=O) groups excluding carboxylic acids is 1. The van der Waals surface area contributed by atoms with E-state index in [1.54, 1.807) is 4.90 Å². The van der Waals surface area contributed by atoms with Crippen LogP contribution in [0.3, 0.4) is 0 Å². The first-order chi connectivity index (χ1) is 12.2. The first kappa shape index (κ1) is 16.0. The molecule has 4 rings (SSSR count). The Kier molecular flexibility index (Phi) is 4.36. The molecule has 0 saturated carbocycles. The summed E-state index contributed by atoms with van der Waals surface area (Å²) in [5.41, 5.74) is 1.03. The number of hydrogen-bond donors (Lipinski definition) is 1. The van der Waals surface area contributed by atoms with E-state index in [0.29, 0.717) is 26.4 Å². The van der Waals surface area contributed by atoms with Crippen LogP contribution in [0.2, 0.25) is 0 Å². The summed E-state index contributed by atoms with van der Waals surface area (Å²) in [4.78, 5) is 14.7. The zero-order chi connectivity index (χ0) is 17.2. The van der Waals surface area contributed by atoms with Gasteiger partial charge in [0.25, 0.3) is 0 Å². The quantitative estimate of drug-likeness (QED) is 0.910. The number of fused-ring (bicyclic) bond motifs is 1. The van der Waals surface area contributed by atoms with Crippen LogP contribution in [-0.2, 0) is 4.74 Å². The molecule has 0 spiro atoms. The minimum Gasteiger partial charge on any atom is -0.493 e. The topological polar surface area (TPSA) is 63.9 Å². The number of ether oxygens (including phenoxy) is 2. The number of carbonyl (C=O) groups is 1. The van der Waals surface area contributed by atoms with E-state index in [4.69, 9.17) is 13.9 Å². The number of morpholine rings is 1. The molecule has 6 nitrogen and oxygen atoms in total. The number of furan rings is 1. The molecule has 2 amide bonds. The smallest absolute Gasteiger partial charge is 0.318 e. The van der Waals surface area contributed by atoms with Crippen molar-refractivity contribution in [3.63, 3.8) is 0 Å². The van der Waals surface area contributed by atoms with E-state index in [2.05, 4.69) is 5.32 Å². The fraction of sp³-hybridized carbons (Fsp3) is 0.421. The molecule has 1 aromatic heterocycles. The lowest BCUT2D eigenvalue weighted by Crippen LogP contribution is -2.49. The molecule has 2 aliphatic rings. The number of urea groups is 1. The monoisotopic (exact) mass is 342 g/mol. The molecule has 1 N–H and O–H groups in total. The second kappa shape index (κ2) is 6.80. The zero-order valence-corrected chi connectivity index (χ0v) is 14.2. The minimum atomic E-state index is -0.197. The molecule has 1 fully saturated rings. The lowest BCUT2D eigenvalue weighted by Gasteiger charge is -2.36. The maximum atomic E-state index is 12.9. The normalized spacial score (nSPS) is 22.8. The van der Waals surface area contributed by atoms with E-state index in [1.165, 1.54) is 0 Å². The van der Waals surface area contributed by atoms with Crippen molar-refractivity contribution >= 4 is 6.03 Å². The van der Waals surface area contributed by atoms with E-state index in [1.807, 2.05) is 43.3 Å². The largest absolute Gasteiger partial charge is 0.493 e. The summed E-state index contributed by atoms with van der Waals surface area (Å²) < 4.78 is 17.0. The van der Waals surface area contributed by atoms with Gasteiger partial charge in [0, 0.05) is 18.5 Å². The van der Waals surface area contributed by atoms with Crippen molar-refractivity contribution in [1.82, 2.24) is 10.2 Å². The SMILES string of the molecule is Cc1ccc([C@H]2COCCN2C(=O)N[C@@H]2CCOc3ccccc32)o1. The summed E-state index contributed by atoms with van der Waals surface area (Å²) in [6, 6.07) is 11.4. The van der Waals surface area contributed by atoms with Crippen molar-refractivity contribution in [2.24, 2.45) is 0 Å². The second-order valence-corrected chi connectivity index (χ2v) is 6.41. The highest BCUT2D eigenvalue weighted by Crippen LogP contribution is 2.32. The predicted octanol–water partition coefficient (Wildman–Crippen LogP) is 3.19. The molecular formula is C19H22N2O4. The summed E-state index contributed by atoms with van der Waals surface area (Å²) in [6.45, 7) is 4.03. The Bertz CT molecular complexity index is 757. The molecule has 132 valence electrons. The summed E-state index contributed by atoms with van der Waals surface area (Å²) in [5, 5.41) is 3.16. The second-order valence-electron chi connectivity index (χ2n) is 6.41. The van der Waals surface area contributed by atoms with E-state index in [0.717, 1.165) is 29.3 Å². The molecule has 6 heteroatoms. The Morgan fingerprint density at radius 1 is 1.20 bits per heavy atom. The number of benzene rings is 1. The van der Waals surface area contributed by atoms with Gasteiger partial charge in [-0.15, -0.1) is 0 Å². The summed E-state index contributed by atoms with van der Waals surface area (Å²) in [7, 11) is 0. The van der Waals surface area contributed by atoms with Gasteiger partial charge in [0.05, 0.1) is 25.9 Å². The molecule has 2 aliphatic heterocycles. The van der Waals surface area contributed by atoms with E-state index >= 15 is 0 Å². The Morgan fingerprint density at radius 2 is 2.08 bits per heavy atom. The Hall–Kier alpha value is -2.47. The van der Waals surface area contributed by atoms with Gasteiger partial charge in [-0.1, -0.05) is 18.2 Å². The van der Waals surface area contributed by atoms with Crippen LogP contribution in [0.25, 0.3) is 0 Å². The molecule has 0 bridgehead atoms. The van der Waals surface area contributed by atoms with Gasteiger partial charge < -0.3 is 24.1 Å². The molecule has 0 unspecified atom stereocenters. The zero-order valence-electron chi connectivity index (χ0n) is 14.2. The number of hydrogen-bond acceptors (Lipinski definition) is 4. The maximum Gasteiger partial charge on any atom is 0.318 e. The van der Waals surface area contributed by atoms with Crippen LogP contribution in [-0.4, -0.2) is 37.3 Å². The lowest BCUT2D eigenvalue weighted by atomic mass is 10.0. The van der Waals surface area contributed by atoms with Crippen molar-refractivity contribution < 1.29 is 18.7 Å². The first-order valence-electron chi connectivity index (χ1n) is 8.65. The molecule has 1 saturated heterocycles. The number of nitrogens with one attached hydrogen (secondary N) is 1. The molecule has 0 aliphatic carbocycles. The van der Waals surface area contributed by atoms with Gasteiger partial charge in [0.2, 0.25) is 0 Å². The van der Waals surface area contributed by atoms with Crippen LogP contribution in [0.4, 0.5) is 4.79 Å². The van der Waals surface area contributed by atoms with Crippen LogP contribution >= 0.6 is 0 Å².